The Bertz CT molecular complexity index is 708. The number of nitrogens with one attached hydrogen (secondary N) is 3. The minimum absolute atomic E-state index is 0.0628. The van der Waals surface area contributed by atoms with Gasteiger partial charge >= 0.3 is 11.8 Å². The first kappa shape index (κ1) is 13.7. The molecular weight excluding hydrogens is 260 g/mol. The summed E-state index contributed by atoms with van der Waals surface area (Å²) in [5, 5.41) is 12.3. The normalized spacial score (nSPS) is 10.2. The van der Waals surface area contributed by atoms with Crippen LogP contribution < -0.4 is 16.2 Å². The van der Waals surface area contributed by atoms with E-state index >= 15 is 0 Å². The molecule has 3 N–H and O–H groups in total. The minimum Gasteiger partial charge on any atom is -0.348 e. The van der Waals surface area contributed by atoms with Crippen LogP contribution in [0.1, 0.15) is 12.6 Å². The molecule has 0 atom stereocenters. The molecule has 0 fully saturated rings. The number of fused-ring (bicyclic) bond motifs is 1. The zero-order chi connectivity index (χ0) is 14.5. The summed E-state index contributed by atoms with van der Waals surface area (Å²) in [4.78, 5) is 34.4. The van der Waals surface area contributed by atoms with Crippen LogP contribution in [0.4, 0.5) is 0 Å². The van der Waals surface area contributed by atoms with Gasteiger partial charge in [0.15, 0.2) is 0 Å². The van der Waals surface area contributed by atoms with Gasteiger partial charge in [-0.25, -0.2) is 5.10 Å². The summed E-state index contributed by atoms with van der Waals surface area (Å²) in [6.45, 7) is 2.17. The molecule has 2 amide bonds. The third-order valence-corrected chi connectivity index (χ3v) is 2.73. The zero-order valence-electron chi connectivity index (χ0n) is 10.9. The number of likely N-dealkylation sites (N-methyl/N-ethyl adjacent to an activating group) is 1. The highest BCUT2D eigenvalue weighted by Crippen LogP contribution is 2.11. The standard InChI is InChI=1S/C13H14N4O3/c1-2-14-12(19)13(20)15-7-10-8-5-3-4-6-9(8)11(18)17-16-10/h3-6H,2,7H2,1H3,(H,14,19)(H,15,20)(H,17,18). The summed E-state index contributed by atoms with van der Waals surface area (Å²) >= 11 is 0. The van der Waals surface area contributed by atoms with E-state index in [0.717, 1.165) is 0 Å². The lowest BCUT2D eigenvalue weighted by Crippen LogP contribution is -2.39. The van der Waals surface area contributed by atoms with Gasteiger partial charge < -0.3 is 10.6 Å². The Morgan fingerprint density at radius 3 is 2.50 bits per heavy atom. The number of carbonyl (C=O) groups excluding carboxylic acids is 2. The topological polar surface area (TPSA) is 104 Å². The molecule has 2 aromatic rings. The number of benzene rings is 1. The number of H-pyrrole nitrogens is 1. The first-order valence-corrected chi connectivity index (χ1v) is 6.15. The third kappa shape index (κ3) is 2.82. The first-order chi connectivity index (χ1) is 9.63. The minimum atomic E-state index is -0.732. The number of aromatic amines is 1. The van der Waals surface area contributed by atoms with Gasteiger partial charge in [-0.3, -0.25) is 14.4 Å². The van der Waals surface area contributed by atoms with Gasteiger partial charge in [0.25, 0.3) is 5.56 Å². The summed E-state index contributed by atoms with van der Waals surface area (Å²) in [6, 6.07) is 6.93. The van der Waals surface area contributed by atoms with E-state index in [1.807, 2.05) is 0 Å². The number of hydrogen-bond acceptors (Lipinski definition) is 4. The van der Waals surface area contributed by atoms with Crippen molar-refractivity contribution in [2.24, 2.45) is 0 Å². The summed E-state index contributed by atoms with van der Waals surface area (Å²) in [7, 11) is 0. The first-order valence-electron chi connectivity index (χ1n) is 6.15. The van der Waals surface area contributed by atoms with Crippen molar-refractivity contribution < 1.29 is 9.59 Å². The van der Waals surface area contributed by atoms with Crippen molar-refractivity contribution in [1.29, 1.82) is 0 Å². The quantitative estimate of drug-likeness (QED) is 0.667. The second kappa shape index (κ2) is 5.96. The fraction of sp³-hybridized carbons (Fsp3) is 0.231. The number of carbonyl (C=O) groups is 2. The Hall–Kier alpha value is -2.70. The van der Waals surface area contributed by atoms with Crippen molar-refractivity contribution >= 4 is 22.6 Å². The average molecular weight is 274 g/mol. The SMILES string of the molecule is CCNC(=O)C(=O)NCc1n[nH]c(=O)c2ccccc12. The van der Waals surface area contributed by atoms with Gasteiger partial charge in [-0.15, -0.1) is 0 Å². The van der Waals surface area contributed by atoms with Crippen LogP contribution in [-0.2, 0) is 16.1 Å². The summed E-state index contributed by atoms with van der Waals surface area (Å²) in [5.74, 6) is -1.43. The van der Waals surface area contributed by atoms with E-state index in [1.165, 1.54) is 0 Å². The lowest BCUT2D eigenvalue weighted by atomic mass is 10.1. The molecule has 2 rings (SSSR count). The molecule has 7 heteroatoms. The zero-order valence-corrected chi connectivity index (χ0v) is 10.9. The number of aromatic nitrogens is 2. The van der Waals surface area contributed by atoms with Gasteiger partial charge in [0, 0.05) is 11.9 Å². The smallest absolute Gasteiger partial charge is 0.309 e. The fourth-order valence-corrected chi connectivity index (χ4v) is 1.79. The van der Waals surface area contributed by atoms with Gasteiger partial charge in [0.2, 0.25) is 0 Å². The molecule has 0 aliphatic rings. The highest BCUT2D eigenvalue weighted by molar-refractivity contribution is 6.35. The van der Waals surface area contributed by atoms with Crippen LogP contribution in [0.5, 0.6) is 0 Å². The third-order valence-electron chi connectivity index (χ3n) is 2.73. The van der Waals surface area contributed by atoms with Crippen LogP contribution in [0, 0.1) is 0 Å². The van der Waals surface area contributed by atoms with E-state index in [0.29, 0.717) is 23.0 Å². The van der Waals surface area contributed by atoms with E-state index < -0.39 is 11.8 Å². The van der Waals surface area contributed by atoms with Gasteiger partial charge in [-0.1, -0.05) is 18.2 Å². The lowest BCUT2D eigenvalue weighted by molar-refractivity contribution is -0.139. The Morgan fingerprint density at radius 1 is 1.15 bits per heavy atom. The number of hydrogen-bond donors (Lipinski definition) is 3. The Balaban J connectivity index is 2.19. The largest absolute Gasteiger partial charge is 0.348 e. The van der Waals surface area contributed by atoms with Gasteiger partial charge in [0.05, 0.1) is 17.6 Å². The van der Waals surface area contributed by atoms with Crippen LogP contribution in [0.15, 0.2) is 29.1 Å². The number of nitrogens with zero attached hydrogens (tertiary/aromatic N) is 1. The number of amides is 2. The molecule has 1 heterocycles. The Kier molecular flexibility index (Phi) is 4.09. The molecule has 1 aromatic carbocycles. The van der Waals surface area contributed by atoms with Crippen LogP contribution in [0.2, 0.25) is 0 Å². The molecule has 20 heavy (non-hydrogen) atoms. The predicted molar refractivity (Wildman–Crippen MR) is 72.9 cm³/mol. The van der Waals surface area contributed by atoms with Crippen LogP contribution in [0.25, 0.3) is 10.8 Å². The monoisotopic (exact) mass is 274 g/mol. The lowest BCUT2D eigenvalue weighted by Gasteiger charge is -2.06. The van der Waals surface area contributed by atoms with Crippen molar-refractivity contribution in [3.05, 3.63) is 40.3 Å². The molecule has 0 aliphatic carbocycles. The van der Waals surface area contributed by atoms with E-state index in [2.05, 4.69) is 20.8 Å². The van der Waals surface area contributed by atoms with Crippen molar-refractivity contribution in [3.8, 4) is 0 Å². The highest BCUT2D eigenvalue weighted by Gasteiger charge is 2.13. The van der Waals surface area contributed by atoms with Gasteiger partial charge in [-0.05, 0) is 13.0 Å². The van der Waals surface area contributed by atoms with Crippen LogP contribution in [-0.4, -0.2) is 28.6 Å². The summed E-state index contributed by atoms with van der Waals surface area (Å²) < 4.78 is 0. The molecule has 0 saturated heterocycles. The molecule has 0 aliphatic heterocycles. The second-order valence-electron chi connectivity index (χ2n) is 4.09. The van der Waals surface area contributed by atoms with E-state index in [4.69, 9.17) is 0 Å². The molecule has 0 unspecified atom stereocenters. The van der Waals surface area contributed by atoms with Crippen molar-refractivity contribution in [3.63, 3.8) is 0 Å². The molecular formula is C13H14N4O3. The highest BCUT2D eigenvalue weighted by atomic mass is 16.2. The van der Waals surface area contributed by atoms with Crippen LogP contribution >= 0.6 is 0 Å². The van der Waals surface area contributed by atoms with Gasteiger partial charge in [-0.2, -0.15) is 5.10 Å². The molecule has 0 spiro atoms. The molecule has 0 saturated carbocycles. The fourth-order valence-electron chi connectivity index (χ4n) is 1.79. The Labute approximate surface area is 114 Å². The van der Waals surface area contributed by atoms with Crippen molar-refractivity contribution in [2.75, 3.05) is 6.54 Å². The van der Waals surface area contributed by atoms with E-state index in [9.17, 15) is 14.4 Å². The maximum atomic E-state index is 11.6. The summed E-state index contributed by atoms with van der Waals surface area (Å²) in [5.41, 5.74) is 0.206. The molecule has 104 valence electrons. The molecule has 7 nitrogen and oxygen atoms in total. The average Bonchev–Trinajstić information content (AvgIpc) is 2.47. The second-order valence-corrected chi connectivity index (χ2v) is 4.09. The maximum absolute atomic E-state index is 11.6. The molecule has 1 aromatic heterocycles. The maximum Gasteiger partial charge on any atom is 0.309 e. The van der Waals surface area contributed by atoms with Crippen molar-refractivity contribution in [2.45, 2.75) is 13.5 Å². The van der Waals surface area contributed by atoms with E-state index in [-0.39, 0.29) is 12.1 Å². The molecule has 0 radical (unpaired) electrons. The number of rotatable bonds is 3. The predicted octanol–water partition coefficient (Wildman–Crippen LogP) is -0.325. The molecule has 0 bridgehead atoms. The van der Waals surface area contributed by atoms with E-state index in [1.54, 1.807) is 31.2 Å². The van der Waals surface area contributed by atoms with Gasteiger partial charge in [0.1, 0.15) is 0 Å². The van der Waals surface area contributed by atoms with Crippen LogP contribution in [0.3, 0.4) is 0 Å². The summed E-state index contributed by atoms with van der Waals surface area (Å²) in [6.07, 6.45) is 0. The Morgan fingerprint density at radius 2 is 1.80 bits per heavy atom. The van der Waals surface area contributed by atoms with Crippen molar-refractivity contribution in [1.82, 2.24) is 20.8 Å².